The first-order chi connectivity index (χ1) is 12.4. The average Bonchev–Trinajstić information content (AvgIpc) is 2.59. The summed E-state index contributed by atoms with van der Waals surface area (Å²) in [5.74, 6) is 5.15. The van der Waals surface area contributed by atoms with Crippen molar-refractivity contribution in [2.45, 2.75) is 22.3 Å². The van der Waals surface area contributed by atoms with Gasteiger partial charge in [-0.25, -0.2) is 27.7 Å². The Kier molecular flexibility index (Phi) is 6.05. The highest BCUT2D eigenvalue weighted by Crippen LogP contribution is 2.24. The fourth-order valence-corrected chi connectivity index (χ4v) is 3.81. The quantitative estimate of drug-likeness (QED) is 0.395. The van der Waals surface area contributed by atoms with Gasteiger partial charge in [0.2, 0.25) is 0 Å². The molecule has 0 saturated carbocycles. The summed E-state index contributed by atoms with van der Waals surface area (Å²) in [4.78, 5) is 12.0. The first-order valence-electron chi connectivity index (χ1n) is 7.83. The Hall–Kier alpha value is -2.27. The summed E-state index contributed by atoms with van der Waals surface area (Å²) in [6.07, 6.45) is 2.09. The number of hydrogen-bond donors (Lipinski definition) is 2. The number of carbonyl (C=O) groups is 1. The molecule has 2 rings (SSSR count). The largest absolute Gasteiger partial charge is 0.320 e. The Bertz CT molecular complexity index is 1000. The summed E-state index contributed by atoms with van der Waals surface area (Å²) in [6.45, 7) is 0. The third kappa shape index (κ3) is 5.36. The monoisotopic (exact) mass is 411 g/mol. The number of nitrogens with zero attached hydrogens (tertiary/aromatic N) is 1. The van der Waals surface area contributed by atoms with Crippen LogP contribution in [0.25, 0.3) is 0 Å². The van der Waals surface area contributed by atoms with Crippen molar-refractivity contribution in [3.05, 3.63) is 54.1 Å². The molecule has 0 heterocycles. The Labute approximate surface area is 158 Å². The second-order valence-corrected chi connectivity index (χ2v) is 10.2. The number of carbonyl (C=O) groups excluding carboxylic acids is 1. The maximum absolute atomic E-state index is 12.5. The van der Waals surface area contributed by atoms with Gasteiger partial charge in [-0.05, 0) is 30.2 Å². The lowest BCUT2D eigenvalue weighted by molar-refractivity contribution is -0.119. The number of benzene rings is 2. The van der Waals surface area contributed by atoms with Gasteiger partial charge in [-0.15, -0.1) is 0 Å². The molecule has 4 N–H and O–H groups in total. The Balaban J connectivity index is 2.39. The Morgan fingerprint density at radius 1 is 0.963 bits per heavy atom. The molecule has 0 aliphatic heterocycles. The van der Waals surface area contributed by atoms with Crippen LogP contribution in [0.1, 0.15) is 5.56 Å². The minimum atomic E-state index is -3.73. The van der Waals surface area contributed by atoms with Crippen molar-refractivity contribution in [1.82, 2.24) is 0 Å². The summed E-state index contributed by atoms with van der Waals surface area (Å²) in [6, 6.07) is 11.4. The summed E-state index contributed by atoms with van der Waals surface area (Å²) in [5, 5.41) is 0.678. The number of hydrazine groups is 1. The molecular weight excluding hydrogens is 390 g/mol. The minimum Gasteiger partial charge on any atom is -0.320 e. The zero-order valence-electron chi connectivity index (χ0n) is 14.9. The van der Waals surface area contributed by atoms with Crippen molar-refractivity contribution < 1.29 is 21.6 Å². The van der Waals surface area contributed by atoms with Crippen LogP contribution in [0.15, 0.2) is 58.3 Å². The summed E-state index contributed by atoms with van der Waals surface area (Å²) in [7, 11) is -7.45. The van der Waals surface area contributed by atoms with Crippen molar-refractivity contribution in [3.8, 4) is 0 Å². The highest BCUT2D eigenvalue weighted by Gasteiger charge is 2.23. The molecule has 10 heteroatoms. The van der Waals surface area contributed by atoms with E-state index in [-0.39, 0.29) is 21.9 Å². The molecule has 0 spiro atoms. The molecule has 0 unspecified atom stereocenters. The number of hydrogen-bond acceptors (Lipinski definition) is 7. The van der Waals surface area contributed by atoms with Crippen LogP contribution in [-0.4, -0.2) is 41.3 Å². The topological polar surface area (TPSA) is 141 Å². The second kappa shape index (κ2) is 7.77. The first kappa shape index (κ1) is 21.0. The molecule has 0 fully saturated rings. The number of nitrogens with two attached hydrogens (primary N) is 2. The van der Waals surface area contributed by atoms with E-state index in [1.807, 2.05) is 6.07 Å². The molecule has 0 aromatic heterocycles. The molecular formula is C17H21N3O5S2. The normalized spacial score (nSPS) is 13.2. The molecule has 0 radical (unpaired) electrons. The zero-order chi connectivity index (χ0) is 20.4. The lowest BCUT2D eigenvalue weighted by atomic mass is 10.1. The molecule has 1 atom stereocenters. The smallest absolute Gasteiger partial charge is 0.258 e. The van der Waals surface area contributed by atoms with Crippen LogP contribution < -0.4 is 16.6 Å². The van der Waals surface area contributed by atoms with E-state index in [4.69, 9.17) is 11.6 Å². The highest BCUT2D eigenvalue weighted by molar-refractivity contribution is 7.91. The number of rotatable bonds is 6. The van der Waals surface area contributed by atoms with Gasteiger partial charge in [-0.2, -0.15) is 0 Å². The third-order valence-electron chi connectivity index (χ3n) is 3.85. The molecule has 27 heavy (non-hydrogen) atoms. The second-order valence-electron chi connectivity index (χ2n) is 6.21. The van der Waals surface area contributed by atoms with Gasteiger partial charge in [0.05, 0.1) is 21.5 Å². The Morgan fingerprint density at radius 3 is 1.89 bits per heavy atom. The van der Waals surface area contributed by atoms with Gasteiger partial charge in [0.25, 0.3) is 5.91 Å². The fourth-order valence-electron chi connectivity index (χ4n) is 2.39. The van der Waals surface area contributed by atoms with Crippen LogP contribution in [0.4, 0.5) is 5.69 Å². The Morgan fingerprint density at radius 2 is 1.44 bits per heavy atom. The molecule has 2 aromatic carbocycles. The average molecular weight is 412 g/mol. The van der Waals surface area contributed by atoms with E-state index in [0.717, 1.165) is 36.3 Å². The van der Waals surface area contributed by atoms with Crippen LogP contribution in [0.3, 0.4) is 0 Å². The van der Waals surface area contributed by atoms with Gasteiger partial charge < -0.3 is 5.73 Å². The van der Waals surface area contributed by atoms with Gasteiger partial charge in [-0.3, -0.25) is 4.79 Å². The van der Waals surface area contributed by atoms with Crippen LogP contribution in [0, 0.1) is 0 Å². The summed E-state index contributed by atoms with van der Waals surface area (Å²) in [5.41, 5.74) is 6.68. The summed E-state index contributed by atoms with van der Waals surface area (Å²) < 4.78 is 47.5. The molecule has 1 amide bonds. The molecule has 2 aromatic rings. The predicted octanol–water partition coefficient (Wildman–Crippen LogP) is 0.270. The van der Waals surface area contributed by atoms with Crippen LogP contribution in [-0.2, 0) is 30.9 Å². The van der Waals surface area contributed by atoms with E-state index >= 15 is 0 Å². The van der Waals surface area contributed by atoms with Gasteiger partial charge >= 0.3 is 0 Å². The van der Waals surface area contributed by atoms with Gasteiger partial charge in [0, 0.05) is 12.5 Å². The maximum Gasteiger partial charge on any atom is 0.258 e. The van der Waals surface area contributed by atoms with Gasteiger partial charge in [0.1, 0.15) is 0 Å². The number of anilines is 1. The SMILES string of the molecule is CS(=O)(=O)c1cc(N(N)C(=O)[C@@H](N)Cc2ccccc2)cc(S(C)(=O)=O)c1. The highest BCUT2D eigenvalue weighted by atomic mass is 32.2. The van der Waals surface area contributed by atoms with Crippen molar-refractivity contribution in [1.29, 1.82) is 0 Å². The van der Waals surface area contributed by atoms with E-state index in [0.29, 0.717) is 5.01 Å². The van der Waals surface area contributed by atoms with E-state index in [1.54, 1.807) is 24.3 Å². The lowest BCUT2D eigenvalue weighted by Gasteiger charge is -2.22. The van der Waals surface area contributed by atoms with Crippen molar-refractivity contribution >= 4 is 31.3 Å². The van der Waals surface area contributed by atoms with Crippen molar-refractivity contribution in [3.63, 3.8) is 0 Å². The summed E-state index contributed by atoms with van der Waals surface area (Å²) >= 11 is 0. The van der Waals surface area contributed by atoms with Crippen LogP contribution >= 0.6 is 0 Å². The van der Waals surface area contributed by atoms with Gasteiger partial charge in [-0.1, -0.05) is 30.3 Å². The van der Waals surface area contributed by atoms with Crippen LogP contribution in [0.2, 0.25) is 0 Å². The molecule has 8 nitrogen and oxygen atoms in total. The van der Waals surface area contributed by atoms with E-state index in [9.17, 15) is 21.6 Å². The van der Waals surface area contributed by atoms with E-state index < -0.39 is 31.6 Å². The van der Waals surface area contributed by atoms with Gasteiger partial charge in [0.15, 0.2) is 19.7 Å². The zero-order valence-corrected chi connectivity index (χ0v) is 16.5. The molecule has 0 bridgehead atoms. The molecule has 146 valence electrons. The molecule has 0 saturated heterocycles. The molecule has 0 aliphatic rings. The molecule has 0 aliphatic carbocycles. The maximum atomic E-state index is 12.5. The van der Waals surface area contributed by atoms with Crippen molar-refractivity contribution in [2.75, 3.05) is 17.5 Å². The third-order valence-corrected chi connectivity index (χ3v) is 6.04. The van der Waals surface area contributed by atoms with Crippen molar-refractivity contribution in [2.24, 2.45) is 11.6 Å². The van der Waals surface area contributed by atoms with Crippen LogP contribution in [0.5, 0.6) is 0 Å². The standard InChI is InChI=1S/C17H21N3O5S2/c1-26(22,23)14-9-13(10-15(11-14)27(2,24)25)20(19)17(21)16(18)8-12-6-4-3-5-7-12/h3-7,9-11,16H,8,18-19H2,1-2H3/t16-/m0/s1. The first-order valence-corrected chi connectivity index (χ1v) is 11.6. The fraction of sp³-hybridized carbons (Fsp3) is 0.235. The number of amides is 1. The predicted molar refractivity (Wildman–Crippen MR) is 102 cm³/mol. The lowest BCUT2D eigenvalue weighted by Crippen LogP contribution is -2.48. The number of sulfone groups is 2. The van der Waals surface area contributed by atoms with E-state index in [1.165, 1.54) is 0 Å². The minimum absolute atomic E-state index is 0.0770. The van der Waals surface area contributed by atoms with E-state index in [2.05, 4.69) is 0 Å².